The number of amides is 1. The number of carbonyl (C=O) groups excluding carboxylic acids is 1. The Kier molecular flexibility index (Phi) is 5.92. The zero-order chi connectivity index (χ0) is 14.4. The van der Waals surface area contributed by atoms with Crippen LogP contribution >= 0.6 is 11.8 Å². The summed E-state index contributed by atoms with van der Waals surface area (Å²) in [5, 5.41) is 3.36. The van der Waals surface area contributed by atoms with E-state index >= 15 is 0 Å². The third-order valence-corrected chi connectivity index (χ3v) is 5.16. The van der Waals surface area contributed by atoms with Gasteiger partial charge in [0.25, 0.3) is 0 Å². The molecule has 1 N–H and O–H groups in total. The molecule has 0 saturated carbocycles. The highest BCUT2D eigenvalue weighted by molar-refractivity contribution is 7.99. The van der Waals surface area contributed by atoms with Crippen molar-refractivity contribution >= 4 is 17.7 Å². The average Bonchev–Trinajstić information content (AvgIpc) is 2.49. The van der Waals surface area contributed by atoms with Gasteiger partial charge in [-0.15, -0.1) is 11.8 Å². The van der Waals surface area contributed by atoms with Crippen LogP contribution in [0.25, 0.3) is 0 Å². The molecule has 2 rings (SSSR count). The number of thioether (sulfide) groups is 1. The lowest BCUT2D eigenvalue weighted by Gasteiger charge is -2.32. The molecule has 1 unspecified atom stereocenters. The van der Waals surface area contributed by atoms with E-state index < -0.39 is 0 Å². The van der Waals surface area contributed by atoms with E-state index in [-0.39, 0.29) is 5.25 Å². The van der Waals surface area contributed by atoms with Gasteiger partial charge in [0, 0.05) is 31.9 Å². The fourth-order valence-corrected chi connectivity index (χ4v) is 3.62. The largest absolute Gasteiger partial charge is 0.339 e. The van der Waals surface area contributed by atoms with Gasteiger partial charge in [-0.2, -0.15) is 0 Å². The molecule has 0 aromatic heterocycles. The first-order valence-electron chi connectivity index (χ1n) is 7.33. The van der Waals surface area contributed by atoms with Gasteiger partial charge in [0.05, 0.1) is 5.25 Å². The number of piperazine rings is 1. The van der Waals surface area contributed by atoms with Crippen molar-refractivity contribution in [2.24, 2.45) is 5.92 Å². The van der Waals surface area contributed by atoms with E-state index in [1.54, 1.807) is 11.8 Å². The molecule has 3 nitrogen and oxygen atoms in total. The lowest BCUT2D eigenvalue weighted by molar-refractivity contribution is -0.131. The third-order valence-electron chi connectivity index (χ3n) is 3.55. The topological polar surface area (TPSA) is 32.3 Å². The van der Waals surface area contributed by atoms with Gasteiger partial charge in [-0.1, -0.05) is 44.2 Å². The molecule has 0 radical (unpaired) electrons. The molecule has 1 aromatic carbocycles. The summed E-state index contributed by atoms with van der Waals surface area (Å²) in [6.07, 6.45) is 0. The van der Waals surface area contributed by atoms with E-state index in [2.05, 4.69) is 43.4 Å². The van der Waals surface area contributed by atoms with Gasteiger partial charge in [0.15, 0.2) is 0 Å². The molecule has 1 fully saturated rings. The molecule has 1 aliphatic rings. The average molecular weight is 292 g/mol. The van der Waals surface area contributed by atoms with E-state index in [0.717, 1.165) is 31.9 Å². The number of rotatable bonds is 5. The second-order valence-corrected chi connectivity index (χ2v) is 6.67. The van der Waals surface area contributed by atoms with Crippen molar-refractivity contribution in [1.82, 2.24) is 10.2 Å². The smallest absolute Gasteiger partial charge is 0.236 e. The third kappa shape index (κ3) is 4.25. The molecule has 1 aromatic rings. The van der Waals surface area contributed by atoms with E-state index in [0.29, 0.717) is 11.8 Å². The first-order chi connectivity index (χ1) is 9.68. The molecule has 0 bridgehead atoms. The molecule has 0 spiro atoms. The predicted molar refractivity (Wildman–Crippen MR) is 85.8 cm³/mol. The van der Waals surface area contributed by atoms with Crippen molar-refractivity contribution in [3.63, 3.8) is 0 Å². The Labute approximate surface area is 126 Å². The summed E-state index contributed by atoms with van der Waals surface area (Å²) in [7, 11) is 0. The molecular formula is C16H24N2OS. The van der Waals surface area contributed by atoms with Crippen LogP contribution in [0.1, 0.15) is 19.4 Å². The molecule has 0 aliphatic carbocycles. The SMILES string of the molecule is CC(C)C(SCc1ccccc1)C(=O)N1CCNCC1. The lowest BCUT2D eigenvalue weighted by atomic mass is 10.1. The molecule has 110 valence electrons. The number of nitrogens with one attached hydrogen (secondary N) is 1. The summed E-state index contributed by atoms with van der Waals surface area (Å²) >= 11 is 1.77. The zero-order valence-electron chi connectivity index (χ0n) is 12.3. The fourth-order valence-electron chi connectivity index (χ4n) is 2.37. The van der Waals surface area contributed by atoms with Gasteiger partial charge in [0.2, 0.25) is 5.91 Å². The van der Waals surface area contributed by atoms with Gasteiger partial charge < -0.3 is 10.2 Å². The molecule has 20 heavy (non-hydrogen) atoms. The summed E-state index contributed by atoms with van der Waals surface area (Å²) in [5.74, 6) is 1.58. The number of carbonyl (C=O) groups is 1. The lowest BCUT2D eigenvalue weighted by Crippen LogP contribution is -2.50. The Morgan fingerprint density at radius 1 is 1.25 bits per heavy atom. The quantitative estimate of drug-likeness (QED) is 0.904. The van der Waals surface area contributed by atoms with Crippen LogP contribution in [-0.4, -0.2) is 42.2 Å². The Balaban J connectivity index is 1.94. The van der Waals surface area contributed by atoms with Crippen molar-refractivity contribution in [2.75, 3.05) is 26.2 Å². The van der Waals surface area contributed by atoms with Crippen LogP contribution in [0.3, 0.4) is 0 Å². The number of hydrogen-bond acceptors (Lipinski definition) is 3. The minimum Gasteiger partial charge on any atom is -0.339 e. The summed E-state index contributed by atoms with van der Waals surface area (Å²) in [6.45, 7) is 7.80. The molecule has 4 heteroatoms. The van der Waals surface area contributed by atoms with Crippen LogP contribution in [-0.2, 0) is 10.5 Å². The number of nitrogens with zero attached hydrogens (tertiary/aromatic N) is 1. The Bertz CT molecular complexity index is 416. The predicted octanol–water partition coefficient (Wildman–Crippen LogP) is 2.38. The molecule has 1 heterocycles. The van der Waals surface area contributed by atoms with Crippen molar-refractivity contribution in [3.8, 4) is 0 Å². The highest BCUT2D eigenvalue weighted by atomic mass is 32.2. The first kappa shape index (κ1) is 15.4. The fraction of sp³-hybridized carbons (Fsp3) is 0.562. The molecule has 1 aliphatic heterocycles. The summed E-state index contributed by atoms with van der Waals surface area (Å²) in [4.78, 5) is 14.7. The van der Waals surface area contributed by atoms with Crippen LogP contribution in [0.5, 0.6) is 0 Å². The molecule has 1 saturated heterocycles. The first-order valence-corrected chi connectivity index (χ1v) is 8.38. The summed E-state index contributed by atoms with van der Waals surface area (Å²) in [5.41, 5.74) is 1.29. The van der Waals surface area contributed by atoms with Crippen molar-refractivity contribution < 1.29 is 4.79 Å². The second-order valence-electron chi connectivity index (χ2n) is 5.54. The van der Waals surface area contributed by atoms with Crippen molar-refractivity contribution in [2.45, 2.75) is 24.9 Å². The van der Waals surface area contributed by atoms with E-state index in [4.69, 9.17) is 0 Å². The summed E-state index contributed by atoms with van der Waals surface area (Å²) in [6, 6.07) is 10.4. The van der Waals surface area contributed by atoms with Crippen molar-refractivity contribution in [1.29, 1.82) is 0 Å². The van der Waals surface area contributed by atoms with Gasteiger partial charge in [-0.25, -0.2) is 0 Å². The van der Waals surface area contributed by atoms with Gasteiger partial charge in [0.1, 0.15) is 0 Å². The monoisotopic (exact) mass is 292 g/mol. The second kappa shape index (κ2) is 7.70. The number of benzene rings is 1. The molecular weight excluding hydrogens is 268 g/mol. The standard InChI is InChI=1S/C16H24N2OS/c1-13(2)15(16(19)18-10-8-17-9-11-18)20-12-14-6-4-3-5-7-14/h3-7,13,15,17H,8-12H2,1-2H3. The maximum Gasteiger partial charge on any atom is 0.236 e. The van der Waals surface area contributed by atoms with Crippen LogP contribution in [0, 0.1) is 5.92 Å². The highest BCUT2D eigenvalue weighted by Gasteiger charge is 2.28. The maximum atomic E-state index is 12.6. The Morgan fingerprint density at radius 2 is 1.90 bits per heavy atom. The Hall–Kier alpha value is -1.00. The van der Waals surface area contributed by atoms with Crippen LogP contribution in [0.4, 0.5) is 0 Å². The molecule has 1 atom stereocenters. The van der Waals surface area contributed by atoms with Crippen LogP contribution < -0.4 is 5.32 Å². The van der Waals surface area contributed by atoms with Crippen molar-refractivity contribution in [3.05, 3.63) is 35.9 Å². The van der Waals surface area contributed by atoms with Gasteiger partial charge in [-0.05, 0) is 11.5 Å². The highest BCUT2D eigenvalue weighted by Crippen LogP contribution is 2.25. The van der Waals surface area contributed by atoms with E-state index in [1.807, 2.05) is 11.0 Å². The maximum absolute atomic E-state index is 12.6. The number of hydrogen-bond donors (Lipinski definition) is 1. The Morgan fingerprint density at radius 3 is 2.50 bits per heavy atom. The van der Waals surface area contributed by atoms with Crippen LogP contribution in [0.2, 0.25) is 0 Å². The minimum atomic E-state index is 0.0632. The normalized spacial score (nSPS) is 17.2. The summed E-state index contributed by atoms with van der Waals surface area (Å²) < 4.78 is 0. The van der Waals surface area contributed by atoms with Crippen LogP contribution in [0.15, 0.2) is 30.3 Å². The van der Waals surface area contributed by atoms with Gasteiger partial charge in [-0.3, -0.25) is 4.79 Å². The zero-order valence-corrected chi connectivity index (χ0v) is 13.2. The minimum absolute atomic E-state index is 0.0632. The van der Waals surface area contributed by atoms with E-state index in [9.17, 15) is 4.79 Å². The molecule has 1 amide bonds. The van der Waals surface area contributed by atoms with E-state index in [1.165, 1.54) is 5.56 Å². The van der Waals surface area contributed by atoms with Gasteiger partial charge >= 0.3 is 0 Å².